The van der Waals surface area contributed by atoms with Crippen LogP contribution in [0.5, 0.6) is 0 Å². The van der Waals surface area contributed by atoms with E-state index in [2.05, 4.69) is 86.8 Å². The Kier molecular flexibility index (Phi) is 7.58. The van der Waals surface area contributed by atoms with E-state index in [1.165, 1.54) is 23.6 Å². The lowest BCUT2D eigenvalue weighted by Crippen LogP contribution is -2.22. The summed E-state index contributed by atoms with van der Waals surface area (Å²) in [4.78, 5) is 13.6. The van der Waals surface area contributed by atoms with Crippen LogP contribution in [0, 0.1) is 0 Å². The van der Waals surface area contributed by atoms with Crippen LogP contribution >= 0.6 is 15.9 Å². The zero-order chi connectivity index (χ0) is 20.6. The molecule has 0 bridgehead atoms. The minimum absolute atomic E-state index is 0.0597. The van der Waals surface area contributed by atoms with Gasteiger partial charge in [-0.2, -0.15) is 0 Å². The van der Waals surface area contributed by atoms with Gasteiger partial charge < -0.3 is 11.1 Å². The molecule has 29 heavy (non-hydrogen) atoms. The largest absolute Gasteiger partial charge is 0.326 e. The number of carbonyl (C=O) groups is 1. The van der Waals surface area contributed by atoms with Gasteiger partial charge in [0.05, 0.1) is 0 Å². The Morgan fingerprint density at radius 1 is 0.793 bits per heavy atom. The van der Waals surface area contributed by atoms with Gasteiger partial charge in [-0.05, 0) is 46.5 Å². The van der Waals surface area contributed by atoms with Crippen LogP contribution in [0.2, 0.25) is 0 Å². The molecule has 0 atom stereocenters. The summed E-state index contributed by atoms with van der Waals surface area (Å²) < 4.78 is 1.08. The highest BCUT2D eigenvalue weighted by Crippen LogP contribution is 2.18. The molecule has 0 saturated carbocycles. The molecule has 0 aliphatic carbocycles. The first kappa shape index (κ1) is 21.2. The molecule has 1 amide bonds. The molecule has 3 aromatic rings. The van der Waals surface area contributed by atoms with Gasteiger partial charge in [0.2, 0.25) is 5.91 Å². The Labute approximate surface area is 180 Å². The number of benzene rings is 3. The van der Waals surface area contributed by atoms with Crippen LogP contribution in [0.4, 0.5) is 5.69 Å². The van der Waals surface area contributed by atoms with E-state index < -0.39 is 0 Å². The van der Waals surface area contributed by atoms with Crippen LogP contribution in [0.25, 0.3) is 0 Å². The fraction of sp³-hybridized carbons (Fsp3) is 0.208. The standard InChI is InChI=1S/C24H26BrN3O/c1-18(29)27-24-12-8-22(9-13-24)17-28(16-21-6-10-23(25)11-7-21)15-20-4-2-19(14-26)3-5-20/h2-13H,14-17,26H2,1H3,(H,27,29). The van der Waals surface area contributed by atoms with E-state index >= 15 is 0 Å². The first-order valence-corrected chi connectivity index (χ1v) is 10.4. The third-order valence-corrected chi connectivity index (χ3v) is 5.19. The second-order valence-electron chi connectivity index (χ2n) is 7.17. The van der Waals surface area contributed by atoms with Crippen molar-refractivity contribution in [3.05, 3.63) is 99.5 Å². The highest BCUT2D eigenvalue weighted by molar-refractivity contribution is 9.10. The molecule has 3 rings (SSSR count). The molecule has 0 unspecified atom stereocenters. The minimum Gasteiger partial charge on any atom is -0.326 e. The molecule has 150 valence electrons. The Balaban J connectivity index is 1.75. The summed E-state index contributed by atoms with van der Waals surface area (Å²) in [5.41, 5.74) is 11.4. The predicted molar refractivity (Wildman–Crippen MR) is 122 cm³/mol. The topological polar surface area (TPSA) is 58.4 Å². The lowest BCUT2D eigenvalue weighted by molar-refractivity contribution is -0.114. The van der Waals surface area contributed by atoms with Crippen molar-refractivity contribution in [1.29, 1.82) is 0 Å². The number of carbonyl (C=O) groups excluding carboxylic acids is 1. The van der Waals surface area contributed by atoms with Gasteiger partial charge in [-0.25, -0.2) is 0 Å². The first-order chi connectivity index (χ1) is 14.0. The van der Waals surface area contributed by atoms with Gasteiger partial charge in [-0.1, -0.05) is 64.5 Å². The Hall–Kier alpha value is -2.47. The predicted octanol–water partition coefficient (Wildman–Crippen LogP) is 5.07. The van der Waals surface area contributed by atoms with Crippen molar-refractivity contribution in [2.24, 2.45) is 5.73 Å². The summed E-state index contributed by atoms with van der Waals surface area (Å²) in [6.07, 6.45) is 0. The molecule has 3 N–H and O–H groups in total. The maximum atomic E-state index is 11.2. The fourth-order valence-electron chi connectivity index (χ4n) is 3.21. The molecule has 0 aromatic heterocycles. The van der Waals surface area contributed by atoms with Gasteiger partial charge in [-0.15, -0.1) is 0 Å². The minimum atomic E-state index is -0.0597. The normalized spacial score (nSPS) is 10.9. The smallest absolute Gasteiger partial charge is 0.221 e. The molecule has 0 radical (unpaired) electrons. The van der Waals surface area contributed by atoms with E-state index in [4.69, 9.17) is 5.73 Å². The number of hydrogen-bond acceptors (Lipinski definition) is 3. The van der Waals surface area contributed by atoms with E-state index in [1.807, 2.05) is 12.1 Å². The van der Waals surface area contributed by atoms with Crippen molar-refractivity contribution in [1.82, 2.24) is 4.90 Å². The molecule has 0 heterocycles. The summed E-state index contributed by atoms with van der Waals surface area (Å²) >= 11 is 3.50. The number of nitrogens with zero attached hydrogens (tertiary/aromatic N) is 1. The summed E-state index contributed by atoms with van der Waals surface area (Å²) in [7, 11) is 0. The molecule has 4 nitrogen and oxygen atoms in total. The van der Waals surface area contributed by atoms with Crippen molar-refractivity contribution in [2.45, 2.75) is 33.1 Å². The molecular formula is C24H26BrN3O. The summed E-state index contributed by atoms with van der Waals surface area (Å²) in [5, 5.41) is 2.81. The maximum absolute atomic E-state index is 11.2. The fourth-order valence-corrected chi connectivity index (χ4v) is 3.47. The zero-order valence-electron chi connectivity index (χ0n) is 16.6. The van der Waals surface area contributed by atoms with Crippen molar-refractivity contribution >= 4 is 27.5 Å². The first-order valence-electron chi connectivity index (χ1n) is 9.63. The number of anilines is 1. The second-order valence-corrected chi connectivity index (χ2v) is 8.09. The second kappa shape index (κ2) is 10.3. The number of nitrogens with two attached hydrogens (primary N) is 1. The van der Waals surface area contributed by atoms with Crippen molar-refractivity contribution in [3.8, 4) is 0 Å². The van der Waals surface area contributed by atoms with Crippen molar-refractivity contribution in [2.75, 3.05) is 5.32 Å². The monoisotopic (exact) mass is 451 g/mol. The van der Waals surface area contributed by atoms with Crippen molar-refractivity contribution in [3.63, 3.8) is 0 Å². The molecule has 0 spiro atoms. The van der Waals surface area contributed by atoms with Crippen LogP contribution < -0.4 is 11.1 Å². The number of hydrogen-bond donors (Lipinski definition) is 2. The molecule has 0 fully saturated rings. The summed E-state index contributed by atoms with van der Waals surface area (Å²) in [6.45, 7) is 4.58. The lowest BCUT2D eigenvalue weighted by Gasteiger charge is -2.23. The third-order valence-electron chi connectivity index (χ3n) is 4.66. The van der Waals surface area contributed by atoms with E-state index in [0.717, 1.165) is 35.4 Å². The number of rotatable bonds is 8. The Bertz CT molecular complexity index is 922. The molecule has 0 aliphatic heterocycles. The van der Waals surface area contributed by atoms with E-state index in [0.29, 0.717) is 6.54 Å². The van der Waals surface area contributed by atoms with Crippen LogP contribution in [0.1, 0.15) is 29.2 Å². The molecule has 3 aromatic carbocycles. The van der Waals surface area contributed by atoms with Gasteiger partial charge >= 0.3 is 0 Å². The third kappa shape index (κ3) is 6.82. The number of halogens is 1. The van der Waals surface area contributed by atoms with E-state index in [-0.39, 0.29) is 5.91 Å². The van der Waals surface area contributed by atoms with E-state index in [9.17, 15) is 4.79 Å². The summed E-state index contributed by atoms with van der Waals surface area (Å²) in [5.74, 6) is -0.0597. The van der Waals surface area contributed by atoms with Gasteiger partial charge in [-0.3, -0.25) is 9.69 Å². The van der Waals surface area contributed by atoms with Gasteiger partial charge in [0, 0.05) is 43.3 Å². The average molecular weight is 452 g/mol. The highest BCUT2D eigenvalue weighted by atomic mass is 79.9. The van der Waals surface area contributed by atoms with E-state index in [1.54, 1.807) is 0 Å². The Morgan fingerprint density at radius 3 is 1.66 bits per heavy atom. The number of amides is 1. The van der Waals surface area contributed by atoms with Crippen LogP contribution in [0.15, 0.2) is 77.3 Å². The molecule has 0 saturated heterocycles. The zero-order valence-corrected chi connectivity index (χ0v) is 18.2. The van der Waals surface area contributed by atoms with Crippen molar-refractivity contribution < 1.29 is 4.79 Å². The quantitative estimate of drug-likeness (QED) is 0.502. The SMILES string of the molecule is CC(=O)Nc1ccc(CN(Cc2ccc(Br)cc2)Cc2ccc(CN)cc2)cc1. The number of nitrogens with one attached hydrogen (secondary N) is 1. The highest BCUT2D eigenvalue weighted by Gasteiger charge is 2.09. The van der Waals surface area contributed by atoms with Crippen LogP contribution in [-0.2, 0) is 31.0 Å². The average Bonchev–Trinajstić information content (AvgIpc) is 2.71. The Morgan fingerprint density at radius 2 is 1.21 bits per heavy atom. The van der Waals surface area contributed by atoms with Crippen LogP contribution in [0.3, 0.4) is 0 Å². The van der Waals surface area contributed by atoms with Gasteiger partial charge in [0.25, 0.3) is 0 Å². The van der Waals surface area contributed by atoms with Crippen LogP contribution in [-0.4, -0.2) is 10.8 Å². The maximum Gasteiger partial charge on any atom is 0.221 e. The van der Waals surface area contributed by atoms with Gasteiger partial charge in [0.1, 0.15) is 0 Å². The molecule has 0 aliphatic rings. The molecular weight excluding hydrogens is 426 g/mol. The van der Waals surface area contributed by atoms with Gasteiger partial charge in [0.15, 0.2) is 0 Å². The summed E-state index contributed by atoms with van der Waals surface area (Å²) in [6, 6.07) is 25.0. The molecule has 5 heteroatoms. The lowest BCUT2D eigenvalue weighted by atomic mass is 10.1.